The molecule has 1 aliphatic rings. The van der Waals surface area contributed by atoms with E-state index in [0.717, 1.165) is 0 Å². The Bertz CT molecular complexity index is 438. The summed E-state index contributed by atoms with van der Waals surface area (Å²) in [6.45, 7) is 1.24. The van der Waals surface area contributed by atoms with E-state index in [1.807, 2.05) is 0 Å². The van der Waals surface area contributed by atoms with Gasteiger partial charge in [-0.05, 0) is 6.92 Å². The first kappa shape index (κ1) is 11.1. The van der Waals surface area contributed by atoms with Crippen LogP contribution in [0.5, 0.6) is 0 Å². The minimum absolute atomic E-state index is 0.0670. The molecule has 0 atom stereocenters. The molecule has 3 nitrogen and oxygen atoms in total. The molecule has 86 valence electrons. The Balaban J connectivity index is 2.53. The van der Waals surface area contributed by atoms with Crippen LogP contribution in [0.25, 0.3) is 0 Å². The maximum atomic E-state index is 12.8. The van der Waals surface area contributed by atoms with E-state index in [1.54, 1.807) is 0 Å². The van der Waals surface area contributed by atoms with E-state index in [2.05, 4.69) is 10.9 Å². The summed E-state index contributed by atoms with van der Waals surface area (Å²) < 4.78 is 38.4. The molecular formula is C10H9F3N2O. The number of nitrogens with one attached hydrogen (secondary N) is 2. The molecule has 0 saturated carbocycles. The van der Waals surface area contributed by atoms with Gasteiger partial charge >= 0.3 is 6.18 Å². The Kier molecular flexibility index (Phi) is 2.28. The van der Waals surface area contributed by atoms with Gasteiger partial charge in [0, 0.05) is 11.1 Å². The van der Waals surface area contributed by atoms with Gasteiger partial charge in [0.2, 0.25) is 5.66 Å². The Labute approximate surface area is 89.6 Å². The second-order valence-corrected chi connectivity index (χ2v) is 3.60. The Morgan fingerprint density at radius 3 is 2.25 bits per heavy atom. The van der Waals surface area contributed by atoms with Crippen molar-refractivity contribution in [2.24, 2.45) is 0 Å². The van der Waals surface area contributed by atoms with Crippen molar-refractivity contribution in [2.45, 2.75) is 18.8 Å². The molecule has 1 heterocycles. The van der Waals surface area contributed by atoms with E-state index >= 15 is 0 Å². The standard InChI is InChI=1S/C10H9F3N2O/c1-6(16)7-4-2-3-5-8(7)9(14-15-9)10(11,12)13/h2-5,14-15H,1H3. The number of rotatable bonds is 2. The lowest BCUT2D eigenvalue weighted by Crippen LogP contribution is -2.36. The van der Waals surface area contributed by atoms with Gasteiger partial charge in [-0.2, -0.15) is 13.2 Å². The summed E-state index contributed by atoms with van der Waals surface area (Å²) in [4.78, 5) is 11.2. The molecule has 1 aliphatic heterocycles. The van der Waals surface area contributed by atoms with E-state index < -0.39 is 17.6 Å². The fourth-order valence-electron chi connectivity index (χ4n) is 1.61. The molecule has 0 bridgehead atoms. The molecule has 0 aliphatic carbocycles. The highest BCUT2D eigenvalue weighted by Crippen LogP contribution is 2.43. The molecule has 1 aromatic carbocycles. The van der Waals surface area contributed by atoms with E-state index in [1.165, 1.54) is 31.2 Å². The number of Topliss-reactive ketones (excluding diaryl/α,β-unsaturated/α-hetero) is 1. The molecule has 2 rings (SSSR count). The van der Waals surface area contributed by atoms with Crippen LogP contribution in [0.1, 0.15) is 22.8 Å². The van der Waals surface area contributed by atoms with Crippen LogP contribution in [0.3, 0.4) is 0 Å². The molecule has 6 heteroatoms. The van der Waals surface area contributed by atoms with Crippen molar-refractivity contribution in [2.75, 3.05) is 0 Å². The molecular weight excluding hydrogens is 221 g/mol. The third kappa shape index (κ3) is 1.50. The predicted molar refractivity (Wildman–Crippen MR) is 50.5 cm³/mol. The van der Waals surface area contributed by atoms with Crippen molar-refractivity contribution in [1.82, 2.24) is 10.9 Å². The molecule has 16 heavy (non-hydrogen) atoms. The topological polar surface area (TPSA) is 61.0 Å². The summed E-state index contributed by atoms with van der Waals surface area (Å²) in [5.41, 5.74) is 1.85. The second-order valence-electron chi connectivity index (χ2n) is 3.60. The average Bonchev–Trinajstić information content (AvgIpc) is 2.97. The van der Waals surface area contributed by atoms with Gasteiger partial charge in [-0.25, -0.2) is 10.9 Å². The molecule has 0 radical (unpaired) electrons. The molecule has 0 unspecified atom stereocenters. The van der Waals surface area contributed by atoms with Gasteiger partial charge in [-0.3, -0.25) is 4.79 Å². The van der Waals surface area contributed by atoms with Crippen LogP contribution in [0.4, 0.5) is 13.2 Å². The van der Waals surface area contributed by atoms with Crippen molar-refractivity contribution in [3.8, 4) is 0 Å². The van der Waals surface area contributed by atoms with Crippen molar-refractivity contribution in [3.05, 3.63) is 35.4 Å². The lowest BCUT2D eigenvalue weighted by atomic mass is 9.95. The van der Waals surface area contributed by atoms with Crippen molar-refractivity contribution in [3.63, 3.8) is 0 Å². The van der Waals surface area contributed by atoms with E-state index in [9.17, 15) is 18.0 Å². The average molecular weight is 230 g/mol. The largest absolute Gasteiger partial charge is 0.426 e. The van der Waals surface area contributed by atoms with E-state index in [0.29, 0.717) is 0 Å². The molecule has 2 N–H and O–H groups in total. The summed E-state index contributed by atoms with van der Waals surface area (Å²) in [7, 11) is 0. The van der Waals surface area contributed by atoms with Crippen LogP contribution in [-0.4, -0.2) is 12.0 Å². The number of hydrogen-bond donors (Lipinski definition) is 2. The summed E-state index contributed by atoms with van der Waals surface area (Å²) in [6.07, 6.45) is -4.49. The predicted octanol–water partition coefficient (Wildman–Crippen LogP) is 1.71. The molecule has 0 spiro atoms. The number of halogens is 3. The van der Waals surface area contributed by atoms with Crippen LogP contribution >= 0.6 is 0 Å². The minimum Gasteiger partial charge on any atom is -0.294 e. The fraction of sp³-hybridized carbons (Fsp3) is 0.300. The Hall–Kier alpha value is -1.40. The first-order valence-electron chi connectivity index (χ1n) is 4.60. The van der Waals surface area contributed by atoms with E-state index in [-0.39, 0.29) is 11.1 Å². The highest BCUT2D eigenvalue weighted by Gasteiger charge is 2.66. The first-order valence-corrected chi connectivity index (χ1v) is 4.60. The van der Waals surface area contributed by atoms with Crippen molar-refractivity contribution < 1.29 is 18.0 Å². The zero-order valence-corrected chi connectivity index (χ0v) is 8.35. The Morgan fingerprint density at radius 2 is 1.81 bits per heavy atom. The summed E-state index contributed by atoms with van der Waals surface area (Å²) in [6, 6.07) is 5.67. The van der Waals surface area contributed by atoms with Gasteiger partial charge in [0.1, 0.15) is 0 Å². The molecule has 1 aromatic rings. The molecule has 1 fully saturated rings. The van der Waals surface area contributed by atoms with Gasteiger partial charge < -0.3 is 0 Å². The SMILES string of the molecule is CC(=O)c1ccccc1C1(C(F)(F)F)NN1. The van der Waals surface area contributed by atoms with Gasteiger partial charge in [0.15, 0.2) is 5.78 Å². The first-order chi connectivity index (χ1) is 7.38. The minimum atomic E-state index is -4.49. The van der Waals surface area contributed by atoms with Gasteiger partial charge in [0.05, 0.1) is 0 Å². The fourth-order valence-corrected chi connectivity index (χ4v) is 1.61. The van der Waals surface area contributed by atoms with Crippen molar-refractivity contribution in [1.29, 1.82) is 0 Å². The van der Waals surface area contributed by atoms with Crippen LogP contribution in [-0.2, 0) is 5.66 Å². The van der Waals surface area contributed by atoms with Crippen molar-refractivity contribution >= 4 is 5.78 Å². The highest BCUT2D eigenvalue weighted by molar-refractivity contribution is 5.96. The number of benzene rings is 1. The molecule has 0 aromatic heterocycles. The maximum absolute atomic E-state index is 12.8. The number of alkyl halides is 3. The van der Waals surface area contributed by atoms with Gasteiger partial charge in [-0.15, -0.1) is 0 Å². The highest BCUT2D eigenvalue weighted by atomic mass is 19.4. The zero-order valence-electron chi connectivity index (χ0n) is 8.35. The lowest BCUT2D eigenvalue weighted by Gasteiger charge is -2.18. The van der Waals surface area contributed by atoms with Crippen LogP contribution < -0.4 is 10.9 Å². The molecule has 0 amide bonds. The van der Waals surface area contributed by atoms with Crippen LogP contribution in [0.15, 0.2) is 24.3 Å². The number of carbonyl (C=O) groups excluding carboxylic acids is 1. The maximum Gasteiger partial charge on any atom is 0.426 e. The monoisotopic (exact) mass is 230 g/mol. The molecule has 1 saturated heterocycles. The van der Waals surface area contributed by atoms with Gasteiger partial charge in [-0.1, -0.05) is 24.3 Å². The number of hydrazine groups is 1. The smallest absolute Gasteiger partial charge is 0.294 e. The van der Waals surface area contributed by atoms with Crippen LogP contribution in [0.2, 0.25) is 0 Å². The second kappa shape index (κ2) is 3.29. The number of ketones is 1. The quantitative estimate of drug-likeness (QED) is 0.600. The summed E-state index contributed by atoms with van der Waals surface area (Å²) >= 11 is 0. The third-order valence-electron chi connectivity index (χ3n) is 2.51. The normalized spacial score (nSPS) is 18.2. The summed E-state index contributed by atoms with van der Waals surface area (Å²) in [5, 5.41) is 0. The zero-order chi connectivity index (χ0) is 12.0. The van der Waals surface area contributed by atoms with Crippen LogP contribution in [0, 0.1) is 0 Å². The summed E-state index contributed by atoms with van der Waals surface area (Å²) in [5.74, 6) is -0.394. The number of hydrogen-bond acceptors (Lipinski definition) is 3. The van der Waals surface area contributed by atoms with E-state index in [4.69, 9.17) is 0 Å². The Morgan fingerprint density at radius 1 is 1.25 bits per heavy atom. The van der Waals surface area contributed by atoms with Gasteiger partial charge in [0.25, 0.3) is 0 Å². The third-order valence-corrected chi connectivity index (χ3v) is 2.51. The number of carbonyl (C=O) groups is 1. The lowest BCUT2D eigenvalue weighted by molar-refractivity contribution is -0.165.